The van der Waals surface area contributed by atoms with Gasteiger partial charge in [0.05, 0.1) is 0 Å². The van der Waals surface area contributed by atoms with Crippen LogP contribution in [0, 0.1) is 0 Å². The van der Waals surface area contributed by atoms with Gasteiger partial charge in [-0.15, -0.1) is 11.6 Å². The predicted octanol–water partition coefficient (Wildman–Crippen LogP) is 2.58. The Hall–Kier alpha value is -0.530. The number of benzene rings is 1. The summed E-state index contributed by atoms with van der Waals surface area (Å²) in [6.07, 6.45) is 1.11. The van der Waals surface area contributed by atoms with E-state index in [1.54, 1.807) is 0 Å². The molecular formula is C11H16ClN. The van der Waals surface area contributed by atoms with E-state index in [0.29, 0.717) is 5.88 Å². The average Bonchev–Trinajstić information content (AvgIpc) is 2.19. The zero-order valence-corrected chi connectivity index (χ0v) is 8.77. The summed E-state index contributed by atoms with van der Waals surface area (Å²) in [6.45, 7) is 3.95. The molecule has 0 aliphatic heterocycles. The molecule has 0 unspecified atom stereocenters. The van der Waals surface area contributed by atoms with Crippen LogP contribution in [0.15, 0.2) is 24.3 Å². The summed E-state index contributed by atoms with van der Waals surface area (Å²) in [5.74, 6) is 0.674. The molecule has 0 saturated carbocycles. The van der Waals surface area contributed by atoms with Crippen LogP contribution in [0.1, 0.15) is 18.1 Å². The molecule has 0 aliphatic carbocycles. The molecule has 0 bridgehead atoms. The van der Waals surface area contributed by atoms with Crippen LogP contribution >= 0.6 is 11.6 Å². The molecule has 1 rings (SSSR count). The Bertz CT molecular complexity index is 230. The number of hydrogen-bond donors (Lipinski definition) is 1. The van der Waals surface area contributed by atoms with Gasteiger partial charge in [-0.3, -0.25) is 0 Å². The summed E-state index contributed by atoms with van der Waals surface area (Å²) < 4.78 is 0. The van der Waals surface area contributed by atoms with Gasteiger partial charge in [-0.25, -0.2) is 0 Å². The molecule has 1 nitrogen and oxygen atoms in total. The zero-order chi connectivity index (χ0) is 9.52. The highest BCUT2D eigenvalue weighted by Crippen LogP contribution is 2.04. The first-order valence-electron chi connectivity index (χ1n) is 4.71. The third-order valence-corrected chi connectivity index (χ3v) is 2.22. The van der Waals surface area contributed by atoms with Gasteiger partial charge in [0.15, 0.2) is 0 Å². The summed E-state index contributed by atoms with van der Waals surface area (Å²) in [4.78, 5) is 0. The van der Waals surface area contributed by atoms with E-state index in [2.05, 4.69) is 36.5 Å². The summed E-state index contributed by atoms with van der Waals surface area (Å²) >= 11 is 5.55. The van der Waals surface area contributed by atoms with E-state index in [9.17, 15) is 0 Å². The van der Waals surface area contributed by atoms with Crippen LogP contribution in [0.25, 0.3) is 0 Å². The van der Waals surface area contributed by atoms with Crippen LogP contribution in [0.3, 0.4) is 0 Å². The number of alkyl halides is 1. The molecule has 13 heavy (non-hydrogen) atoms. The third-order valence-electron chi connectivity index (χ3n) is 2.03. The van der Waals surface area contributed by atoms with Crippen molar-refractivity contribution in [3.8, 4) is 0 Å². The van der Waals surface area contributed by atoms with Gasteiger partial charge in [0.2, 0.25) is 0 Å². The Kier molecular flexibility index (Phi) is 4.87. The molecular weight excluding hydrogens is 182 g/mol. The van der Waals surface area contributed by atoms with E-state index in [4.69, 9.17) is 11.6 Å². The van der Waals surface area contributed by atoms with Crippen molar-refractivity contribution in [2.45, 2.75) is 19.9 Å². The maximum absolute atomic E-state index is 5.55. The maximum atomic E-state index is 5.55. The van der Waals surface area contributed by atoms with Gasteiger partial charge in [-0.2, -0.15) is 0 Å². The smallest absolute Gasteiger partial charge is 0.0348 e. The van der Waals surface area contributed by atoms with Crippen LogP contribution in [-0.2, 0) is 13.0 Å². The molecule has 0 fully saturated rings. The molecule has 0 radical (unpaired) electrons. The predicted molar refractivity (Wildman–Crippen MR) is 58.2 cm³/mol. The van der Waals surface area contributed by atoms with Crippen LogP contribution in [0.5, 0.6) is 0 Å². The second kappa shape index (κ2) is 6.01. The number of aryl methyl sites for hydroxylation is 1. The Labute approximate surface area is 85.1 Å². The van der Waals surface area contributed by atoms with Gasteiger partial charge < -0.3 is 5.32 Å². The Morgan fingerprint density at radius 2 is 1.77 bits per heavy atom. The van der Waals surface area contributed by atoms with Crippen LogP contribution in [0.4, 0.5) is 0 Å². The van der Waals surface area contributed by atoms with E-state index in [1.807, 2.05) is 0 Å². The van der Waals surface area contributed by atoms with Crippen molar-refractivity contribution in [1.82, 2.24) is 5.32 Å². The largest absolute Gasteiger partial charge is 0.311 e. The van der Waals surface area contributed by atoms with Crippen molar-refractivity contribution in [3.05, 3.63) is 35.4 Å². The quantitative estimate of drug-likeness (QED) is 0.565. The van der Waals surface area contributed by atoms with Crippen molar-refractivity contribution >= 4 is 11.6 Å². The lowest BCUT2D eigenvalue weighted by atomic mass is 10.1. The molecule has 72 valence electrons. The first kappa shape index (κ1) is 10.6. The fraction of sp³-hybridized carbons (Fsp3) is 0.455. The van der Waals surface area contributed by atoms with Gasteiger partial charge in [-0.1, -0.05) is 31.2 Å². The summed E-state index contributed by atoms with van der Waals surface area (Å²) in [7, 11) is 0. The maximum Gasteiger partial charge on any atom is 0.0348 e. The van der Waals surface area contributed by atoms with Gasteiger partial charge in [-0.05, 0) is 17.5 Å². The topological polar surface area (TPSA) is 12.0 Å². The van der Waals surface area contributed by atoms with Crippen molar-refractivity contribution in [1.29, 1.82) is 0 Å². The lowest BCUT2D eigenvalue weighted by molar-refractivity contribution is 0.730. The highest BCUT2D eigenvalue weighted by Gasteiger charge is 1.92. The van der Waals surface area contributed by atoms with E-state index >= 15 is 0 Å². The minimum atomic E-state index is 0.674. The van der Waals surface area contributed by atoms with E-state index in [-0.39, 0.29) is 0 Å². The van der Waals surface area contributed by atoms with Crippen molar-refractivity contribution in [2.75, 3.05) is 12.4 Å². The molecule has 0 amide bonds. The number of halogens is 1. The first-order valence-corrected chi connectivity index (χ1v) is 5.24. The molecule has 0 heterocycles. The summed E-state index contributed by atoms with van der Waals surface area (Å²) in [5, 5.41) is 3.26. The molecule has 1 aromatic carbocycles. The second-order valence-electron chi connectivity index (χ2n) is 3.04. The molecule has 0 atom stereocenters. The lowest BCUT2D eigenvalue weighted by Crippen LogP contribution is -2.15. The number of rotatable bonds is 5. The van der Waals surface area contributed by atoms with Crippen LogP contribution in [0.2, 0.25) is 0 Å². The highest BCUT2D eigenvalue weighted by atomic mass is 35.5. The standard InChI is InChI=1S/C11H16ClN/c1-2-10-3-5-11(6-4-10)9-13-8-7-12/h3-6,13H,2,7-9H2,1H3. The minimum absolute atomic E-state index is 0.674. The highest BCUT2D eigenvalue weighted by molar-refractivity contribution is 6.18. The molecule has 2 heteroatoms. The molecule has 0 aromatic heterocycles. The molecule has 0 aliphatic rings. The Morgan fingerprint density at radius 3 is 2.31 bits per heavy atom. The zero-order valence-electron chi connectivity index (χ0n) is 8.02. The molecule has 0 saturated heterocycles. The number of hydrogen-bond acceptors (Lipinski definition) is 1. The fourth-order valence-corrected chi connectivity index (χ4v) is 1.33. The van der Waals surface area contributed by atoms with Crippen molar-refractivity contribution in [3.63, 3.8) is 0 Å². The second-order valence-corrected chi connectivity index (χ2v) is 3.41. The first-order chi connectivity index (χ1) is 6.36. The molecule has 1 N–H and O–H groups in total. The SMILES string of the molecule is CCc1ccc(CNCCCl)cc1. The van der Waals surface area contributed by atoms with E-state index in [1.165, 1.54) is 11.1 Å². The molecule has 1 aromatic rings. The van der Waals surface area contributed by atoms with Crippen LogP contribution in [-0.4, -0.2) is 12.4 Å². The minimum Gasteiger partial charge on any atom is -0.311 e. The Morgan fingerprint density at radius 1 is 1.15 bits per heavy atom. The van der Waals surface area contributed by atoms with Gasteiger partial charge in [0.1, 0.15) is 0 Å². The normalized spacial score (nSPS) is 10.3. The fourth-order valence-electron chi connectivity index (χ4n) is 1.19. The molecule has 0 spiro atoms. The van der Waals surface area contributed by atoms with Gasteiger partial charge in [0, 0.05) is 19.0 Å². The third kappa shape index (κ3) is 3.79. The summed E-state index contributed by atoms with van der Waals surface area (Å²) in [5.41, 5.74) is 2.71. The van der Waals surface area contributed by atoms with Crippen molar-refractivity contribution < 1.29 is 0 Å². The number of nitrogens with one attached hydrogen (secondary N) is 1. The van der Waals surface area contributed by atoms with E-state index in [0.717, 1.165) is 19.5 Å². The average molecular weight is 198 g/mol. The van der Waals surface area contributed by atoms with Gasteiger partial charge >= 0.3 is 0 Å². The Balaban J connectivity index is 2.40. The lowest BCUT2D eigenvalue weighted by Gasteiger charge is -2.03. The monoisotopic (exact) mass is 197 g/mol. The van der Waals surface area contributed by atoms with Gasteiger partial charge in [0.25, 0.3) is 0 Å². The summed E-state index contributed by atoms with van der Waals surface area (Å²) in [6, 6.07) is 8.69. The van der Waals surface area contributed by atoms with Crippen molar-refractivity contribution in [2.24, 2.45) is 0 Å². The van der Waals surface area contributed by atoms with E-state index < -0.39 is 0 Å². The van der Waals surface area contributed by atoms with Crippen LogP contribution < -0.4 is 5.32 Å².